The van der Waals surface area contributed by atoms with Crippen LogP contribution >= 0.6 is 0 Å². The number of carbonyl (C=O) groups is 1. The molecule has 3 rings (SSSR count). The minimum absolute atomic E-state index is 0.153. The van der Waals surface area contributed by atoms with Crippen molar-refractivity contribution in [3.05, 3.63) is 63.5 Å². The number of allylic oxidation sites excluding steroid dienone is 1. The van der Waals surface area contributed by atoms with Crippen molar-refractivity contribution in [2.75, 3.05) is 11.9 Å². The first-order valence-corrected chi connectivity index (χ1v) is 8.90. The molecule has 0 aliphatic carbocycles. The van der Waals surface area contributed by atoms with Crippen LogP contribution in [0.2, 0.25) is 0 Å². The molecule has 0 spiro atoms. The lowest BCUT2D eigenvalue weighted by atomic mass is 9.78. The highest BCUT2D eigenvalue weighted by Crippen LogP contribution is 2.47. The maximum absolute atomic E-state index is 12.2. The van der Waals surface area contributed by atoms with E-state index in [0.29, 0.717) is 40.4 Å². The van der Waals surface area contributed by atoms with Crippen LogP contribution in [0.4, 0.5) is 5.69 Å². The topological polar surface area (TPSA) is 115 Å². The number of aryl methyl sites for hydroxylation is 1. The van der Waals surface area contributed by atoms with Crippen molar-refractivity contribution in [3.8, 4) is 11.9 Å². The van der Waals surface area contributed by atoms with Crippen LogP contribution in [-0.4, -0.2) is 27.8 Å². The van der Waals surface area contributed by atoms with Crippen LogP contribution in [-0.2, 0) is 11.4 Å². The smallest absolute Gasteiger partial charge is 0.334 e. The molecule has 0 amide bonds. The molecule has 1 unspecified atom stereocenters. The Labute approximate surface area is 162 Å². The maximum Gasteiger partial charge on any atom is 0.334 e. The SMILES string of the molecule is CCOc1ncc(C)c2c1C(c1ccc(C#N)cc1CO)C(C(=O)O)=C(C)N2. The molecule has 144 valence electrons. The molecule has 2 heterocycles. The predicted molar refractivity (Wildman–Crippen MR) is 103 cm³/mol. The van der Waals surface area contributed by atoms with Gasteiger partial charge in [0.1, 0.15) is 0 Å². The maximum atomic E-state index is 12.2. The Morgan fingerprint density at radius 1 is 1.39 bits per heavy atom. The van der Waals surface area contributed by atoms with Gasteiger partial charge in [0, 0.05) is 11.9 Å². The fraction of sp³-hybridized carbons (Fsp3) is 0.286. The van der Waals surface area contributed by atoms with Gasteiger partial charge in [-0.2, -0.15) is 5.26 Å². The lowest BCUT2D eigenvalue weighted by Crippen LogP contribution is -2.25. The molecule has 0 bridgehead atoms. The average molecular weight is 379 g/mol. The van der Waals surface area contributed by atoms with E-state index in [0.717, 1.165) is 11.3 Å². The van der Waals surface area contributed by atoms with E-state index in [2.05, 4.69) is 10.3 Å². The number of carboxylic acid groups (broad SMARTS) is 1. The number of hydrogen-bond donors (Lipinski definition) is 3. The fourth-order valence-electron chi connectivity index (χ4n) is 3.60. The molecular formula is C21H21N3O4. The summed E-state index contributed by atoms with van der Waals surface area (Å²) in [5.74, 6) is -1.42. The molecule has 0 radical (unpaired) electrons. The van der Waals surface area contributed by atoms with E-state index in [1.165, 1.54) is 0 Å². The Hall–Kier alpha value is -3.37. The first-order valence-electron chi connectivity index (χ1n) is 8.90. The standard InChI is InChI=1S/C21H21N3O4/c1-4-28-20-18-17(15-6-5-13(8-22)7-14(15)10-25)16(21(26)27)12(3)24-19(18)11(2)9-23-20/h5-7,9,17,24-25H,4,10H2,1-3H3,(H,26,27). The summed E-state index contributed by atoms with van der Waals surface area (Å²) in [6.45, 7) is 5.48. The largest absolute Gasteiger partial charge is 0.478 e. The first kappa shape index (κ1) is 19.4. The number of nitrogens with one attached hydrogen (secondary N) is 1. The highest BCUT2D eigenvalue weighted by atomic mass is 16.5. The number of carboxylic acids is 1. The van der Waals surface area contributed by atoms with Gasteiger partial charge in [0.25, 0.3) is 0 Å². The Bertz CT molecular complexity index is 1020. The summed E-state index contributed by atoms with van der Waals surface area (Å²) in [4.78, 5) is 16.5. The molecule has 0 saturated heterocycles. The number of pyridine rings is 1. The number of aliphatic hydroxyl groups is 1. The number of nitrogens with zero attached hydrogens (tertiary/aromatic N) is 2. The van der Waals surface area contributed by atoms with Crippen LogP contribution in [0.1, 0.15) is 47.6 Å². The zero-order valence-electron chi connectivity index (χ0n) is 15.9. The van der Waals surface area contributed by atoms with Crippen molar-refractivity contribution >= 4 is 11.7 Å². The average Bonchev–Trinajstić information content (AvgIpc) is 2.68. The number of ether oxygens (including phenoxy) is 1. The van der Waals surface area contributed by atoms with Crippen LogP contribution in [0.5, 0.6) is 5.88 Å². The number of fused-ring (bicyclic) bond motifs is 1. The van der Waals surface area contributed by atoms with E-state index in [4.69, 9.17) is 4.74 Å². The molecule has 1 atom stereocenters. The summed E-state index contributed by atoms with van der Waals surface area (Å²) in [5.41, 5.74) is 4.37. The molecule has 1 aliphatic rings. The number of hydrogen-bond acceptors (Lipinski definition) is 6. The number of aliphatic carboxylic acids is 1. The second-order valence-corrected chi connectivity index (χ2v) is 6.55. The zero-order valence-corrected chi connectivity index (χ0v) is 15.9. The molecule has 7 nitrogen and oxygen atoms in total. The number of rotatable bonds is 5. The third-order valence-corrected chi connectivity index (χ3v) is 4.83. The van der Waals surface area contributed by atoms with E-state index >= 15 is 0 Å². The molecule has 28 heavy (non-hydrogen) atoms. The summed E-state index contributed by atoms with van der Waals surface area (Å²) in [6, 6.07) is 6.94. The summed E-state index contributed by atoms with van der Waals surface area (Å²) >= 11 is 0. The predicted octanol–water partition coefficient (Wildman–Crippen LogP) is 3.07. The van der Waals surface area contributed by atoms with Gasteiger partial charge in [-0.25, -0.2) is 9.78 Å². The minimum atomic E-state index is -1.07. The normalized spacial score (nSPS) is 15.5. The molecule has 7 heteroatoms. The molecule has 0 fully saturated rings. The van der Waals surface area contributed by atoms with Crippen LogP contribution in [0.15, 0.2) is 35.7 Å². The first-order chi connectivity index (χ1) is 13.4. The summed E-state index contributed by atoms with van der Waals surface area (Å²) < 4.78 is 5.71. The molecule has 0 saturated carbocycles. The van der Waals surface area contributed by atoms with E-state index < -0.39 is 11.9 Å². The second-order valence-electron chi connectivity index (χ2n) is 6.55. The Balaban J connectivity index is 2.37. The molecule has 1 aliphatic heterocycles. The number of aliphatic hydroxyl groups excluding tert-OH is 1. The van der Waals surface area contributed by atoms with Crippen LogP contribution in [0, 0.1) is 18.3 Å². The van der Waals surface area contributed by atoms with Crippen LogP contribution in [0.3, 0.4) is 0 Å². The molecule has 1 aromatic heterocycles. The van der Waals surface area contributed by atoms with Crippen LogP contribution in [0.25, 0.3) is 0 Å². The molecule has 1 aromatic carbocycles. The Kier molecular flexibility index (Phi) is 5.34. The lowest BCUT2D eigenvalue weighted by Gasteiger charge is -2.32. The van der Waals surface area contributed by atoms with Gasteiger partial charge in [0.05, 0.1) is 47.6 Å². The Morgan fingerprint density at radius 2 is 2.14 bits per heavy atom. The van der Waals surface area contributed by atoms with E-state index in [1.807, 2.05) is 19.9 Å². The molecule has 2 aromatic rings. The summed E-state index contributed by atoms with van der Waals surface area (Å²) in [5, 5.41) is 32.2. The highest BCUT2D eigenvalue weighted by molar-refractivity contribution is 5.94. The summed E-state index contributed by atoms with van der Waals surface area (Å²) in [7, 11) is 0. The van der Waals surface area contributed by atoms with Crippen molar-refractivity contribution < 1.29 is 19.7 Å². The lowest BCUT2D eigenvalue weighted by molar-refractivity contribution is -0.133. The minimum Gasteiger partial charge on any atom is -0.478 e. The number of benzene rings is 1. The van der Waals surface area contributed by atoms with Gasteiger partial charge in [0.2, 0.25) is 5.88 Å². The Morgan fingerprint density at radius 3 is 2.75 bits per heavy atom. The number of aromatic nitrogens is 1. The zero-order chi connectivity index (χ0) is 20.4. The second kappa shape index (κ2) is 7.71. The van der Waals surface area contributed by atoms with Gasteiger partial charge in [0.15, 0.2) is 0 Å². The van der Waals surface area contributed by atoms with Crippen molar-refractivity contribution in [1.82, 2.24) is 4.98 Å². The third kappa shape index (κ3) is 3.19. The van der Waals surface area contributed by atoms with Gasteiger partial charge in [-0.3, -0.25) is 0 Å². The molecular weight excluding hydrogens is 358 g/mol. The van der Waals surface area contributed by atoms with Crippen molar-refractivity contribution in [2.45, 2.75) is 33.3 Å². The van der Waals surface area contributed by atoms with E-state index in [9.17, 15) is 20.3 Å². The number of anilines is 1. The van der Waals surface area contributed by atoms with E-state index in [1.54, 1.807) is 31.3 Å². The van der Waals surface area contributed by atoms with Crippen molar-refractivity contribution in [1.29, 1.82) is 5.26 Å². The number of nitriles is 1. The van der Waals surface area contributed by atoms with Gasteiger partial charge in [-0.1, -0.05) is 6.07 Å². The molecule has 3 N–H and O–H groups in total. The monoisotopic (exact) mass is 379 g/mol. The fourth-order valence-corrected chi connectivity index (χ4v) is 3.60. The van der Waals surface area contributed by atoms with Gasteiger partial charge in [-0.05, 0) is 49.6 Å². The third-order valence-electron chi connectivity index (χ3n) is 4.83. The van der Waals surface area contributed by atoms with Gasteiger partial charge >= 0.3 is 5.97 Å². The van der Waals surface area contributed by atoms with Crippen LogP contribution < -0.4 is 10.1 Å². The van der Waals surface area contributed by atoms with Gasteiger partial charge in [-0.15, -0.1) is 0 Å². The summed E-state index contributed by atoms with van der Waals surface area (Å²) in [6.07, 6.45) is 1.68. The quantitative estimate of drug-likeness (QED) is 0.731. The van der Waals surface area contributed by atoms with E-state index in [-0.39, 0.29) is 12.2 Å². The van der Waals surface area contributed by atoms with Crippen molar-refractivity contribution in [2.24, 2.45) is 0 Å². The van der Waals surface area contributed by atoms with Gasteiger partial charge < -0.3 is 20.3 Å². The van der Waals surface area contributed by atoms with Crippen molar-refractivity contribution in [3.63, 3.8) is 0 Å². The highest BCUT2D eigenvalue weighted by Gasteiger charge is 2.37.